The molecule has 5 atom stereocenters. The summed E-state index contributed by atoms with van der Waals surface area (Å²) in [6, 6.07) is -0.612. The van der Waals surface area contributed by atoms with Gasteiger partial charge in [-0.25, -0.2) is 4.79 Å². The predicted octanol–water partition coefficient (Wildman–Crippen LogP) is -1.01. The lowest BCUT2D eigenvalue weighted by molar-refractivity contribution is -0.148. The topological polar surface area (TPSA) is 119 Å². The molecule has 3 amide bonds. The number of amides is 3. The highest BCUT2D eigenvalue weighted by molar-refractivity contribution is 5.90. The zero-order chi connectivity index (χ0) is 15.7. The standard InChI is InChI=1S/C13H21N3O5/c1-6(10-9(7(2)17)11(18)15-10)12(19)16-4-3-8(5-16)14-13(20)21/h6-10,14,17H,3-5H2,1-2H3,(H,15,18)(H,20,21)/t6?,7?,8?,9-,10-/m1/s1. The molecule has 21 heavy (non-hydrogen) atoms. The number of carbonyl (C=O) groups excluding carboxylic acids is 2. The summed E-state index contributed by atoms with van der Waals surface area (Å²) in [4.78, 5) is 36.0. The summed E-state index contributed by atoms with van der Waals surface area (Å²) in [6.07, 6.45) is -1.30. The van der Waals surface area contributed by atoms with Gasteiger partial charge in [0.25, 0.3) is 0 Å². The van der Waals surface area contributed by atoms with Gasteiger partial charge in [-0.15, -0.1) is 0 Å². The van der Waals surface area contributed by atoms with Gasteiger partial charge in [-0.3, -0.25) is 9.59 Å². The molecule has 8 heteroatoms. The van der Waals surface area contributed by atoms with E-state index in [-0.39, 0.29) is 23.9 Å². The first-order valence-electron chi connectivity index (χ1n) is 7.08. The average molecular weight is 299 g/mol. The van der Waals surface area contributed by atoms with Crippen LogP contribution in [0.1, 0.15) is 20.3 Å². The van der Waals surface area contributed by atoms with Gasteiger partial charge in [-0.2, -0.15) is 0 Å². The van der Waals surface area contributed by atoms with Gasteiger partial charge >= 0.3 is 6.09 Å². The van der Waals surface area contributed by atoms with E-state index in [1.165, 1.54) is 6.92 Å². The Balaban J connectivity index is 1.92. The zero-order valence-corrected chi connectivity index (χ0v) is 12.1. The van der Waals surface area contributed by atoms with Crippen LogP contribution >= 0.6 is 0 Å². The van der Waals surface area contributed by atoms with Crippen molar-refractivity contribution in [1.29, 1.82) is 0 Å². The molecular formula is C13H21N3O5. The fourth-order valence-corrected chi connectivity index (χ4v) is 3.07. The summed E-state index contributed by atoms with van der Waals surface area (Å²) >= 11 is 0. The van der Waals surface area contributed by atoms with Gasteiger partial charge in [0.1, 0.15) is 0 Å². The number of β-lactam (4-membered cyclic amide) rings is 1. The lowest BCUT2D eigenvalue weighted by Crippen LogP contribution is -2.66. The van der Waals surface area contributed by atoms with E-state index in [0.717, 1.165) is 0 Å². The molecule has 2 heterocycles. The van der Waals surface area contributed by atoms with Crippen molar-refractivity contribution in [3.8, 4) is 0 Å². The largest absolute Gasteiger partial charge is 0.465 e. The summed E-state index contributed by atoms with van der Waals surface area (Å²) in [6.45, 7) is 4.10. The van der Waals surface area contributed by atoms with E-state index < -0.39 is 24.0 Å². The minimum atomic E-state index is -1.09. The smallest absolute Gasteiger partial charge is 0.404 e. The summed E-state index contributed by atoms with van der Waals surface area (Å²) in [7, 11) is 0. The Hall–Kier alpha value is -1.83. The molecule has 0 spiro atoms. The molecule has 4 N–H and O–H groups in total. The van der Waals surface area contributed by atoms with Gasteiger partial charge in [0, 0.05) is 13.1 Å². The Morgan fingerprint density at radius 2 is 2.10 bits per heavy atom. The molecule has 0 bridgehead atoms. The van der Waals surface area contributed by atoms with E-state index in [4.69, 9.17) is 5.11 Å². The number of likely N-dealkylation sites (tertiary alicyclic amines) is 1. The van der Waals surface area contributed by atoms with Crippen LogP contribution in [0.2, 0.25) is 0 Å². The first-order chi connectivity index (χ1) is 9.81. The van der Waals surface area contributed by atoms with E-state index in [2.05, 4.69) is 10.6 Å². The van der Waals surface area contributed by atoms with Gasteiger partial charge in [0.15, 0.2) is 0 Å². The number of carboxylic acid groups (broad SMARTS) is 1. The lowest BCUT2D eigenvalue weighted by Gasteiger charge is -2.42. The highest BCUT2D eigenvalue weighted by atomic mass is 16.4. The molecule has 2 aliphatic heterocycles. The third-order valence-electron chi connectivity index (χ3n) is 4.27. The van der Waals surface area contributed by atoms with E-state index in [1.54, 1.807) is 11.8 Å². The number of aliphatic hydroxyl groups excluding tert-OH is 1. The maximum atomic E-state index is 12.4. The fraction of sp³-hybridized carbons (Fsp3) is 0.769. The SMILES string of the molecule is CC(C(=O)N1CCC(NC(=O)O)C1)[C@H]1NC(=O)[C@@H]1C(C)O. The Morgan fingerprint density at radius 1 is 1.43 bits per heavy atom. The predicted molar refractivity (Wildman–Crippen MR) is 72.4 cm³/mol. The first-order valence-corrected chi connectivity index (χ1v) is 7.08. The second kappa shape index (κ2) is 5.88. The number of nitrogens with one attached hydrogen (secondary N) is 2. The molecule has 0 aliphatic carbocycles. The third-order valence-corrected chi connectivity index (χ3v) is 4.27. The number of nitrogens with zero attached hydrogens (tertiary/aromatic N) is 1. The number of aliphatic hydroxyl groups is 1. The van der Waals surface area contributed by atoms with Crippen LogP contribution in [0.3, 0.4) is 0 Å². The third kappa shape index (κ3) is 3.10. The molecule has 0 aromatic heterocycles. The van der Waals surface area contributed by atoms with E-state index in [9.17, 15) is 19.5 Å². The maximum Gasteiger partial charge on any atom is 0.404 e. The van der Waals surface area contributed by atoms with Crippen molar-refractivity contribution in [2.75, 3.05) is 13.1 Å². The zero-order valence-electron chi connectivity index (χ0n) is 12.1. The van der Waals surface area contributed by atoms with Gasteiger partial charge in [-0.05, 0) is 13.3 Å². The lowest BCUT2D eigenvalue weighted by atomic mass is 9.78. The van der Waals surface area contributed by atoms with Crippen LogP contribution in [0.15, 0.2) is 0 Å². The second-order valence-corrected chi connectivity index (χ2v) is 5.81. The minimum absolute atomic E-state index is 0.125. The van der Waals surface area contributed by atoms with Gasteiger partial charge in [-0.1, -0.05) is 6.92 Å². The van der Waals surface area contributed by atoms with Crippen molar-refractivity contribution in [2.24, 2.45) is 11.8 Å². The van der Waals surface area contributed by atoms with Crippen LogP contribution < -0.4 is 10.6 Å². The Morgan fingerprint density at radius 3 is 2.62 bits per heavy atom. The molecule has 3 unspecified atom stereocenters. The van der Waals surface area contributed by atoms with Crippen LogP contribution in [0.4, 0.5) is 4.79 Å². The summed E-state index contributed by atoms with van der Waals surface area (Å²) in [5.74, 6) is -1.35. The minimum Gasteiger partial charge on any atom is -0.465 e. The molecule has 2 saturated heterocycles. The molecule has 0 saturated carbocycles. The second-order valence-electron chi connectivity index (χ2n) is 5.81. The monoisotopic (exact) mass is 299 g/mol. The van der Waals surface area contributed by atoms with Crippen LogP contribution in [-0.2, 0) is 9.59 Å². The van der Waals surface area contributed by atoms with Gasteiger partial charge in [0.2, 0.25) is 11.8 Å². The van der Waals surface area contributed by atoms with Crippen molar-refractivity contribution in [2.45, 2.75) is 38.5 Å². The molecule has 2 aliphatic rings. The maximum absolute atomic E-state index is 12.4. The van der Waals surface area contributed by atoms with Crippen molar-refractivity contribution in [1.82, 2.24) is 15.5 Å². The van der Waals surface area contributed by atoms with Gasteiger partial charge < -0.3 is 25.7 Å². The molecule has 2 fully saturated rings. The van der Waals surface area contributed by atoms with Crippen LogP contribution in [0, 0.1) is 11.8 Å². The number of carbonyl (C=O) groups is 3. The van der Waals surface area contributed by atoms with Crippen molar-refractivity contribution < 1.29 is 24.6 Å². The first kappa shape index (κ1) is 15.6. The quantitative estimate of drug-likeness (QED) is 0.496. The highest BCUT2D eigenvalue weighted by Crippen LogP contribution is 2.27. The summed E-state index contributed by atoms with van der Waals surface area (Å²) in [5, 5.41) is 23.3. The molecule has 2 rings (SSSR count). The Bertz CT molecular complexity index is 453. The van der Waals surface area contributed by atoms with E-state index >= 15 is 0 Å². The molecule has 8 nitrogen and oxygen atoms in total. The molecule has 0 aromatic rings. The van der Waals surface area contributed by atoms with E-state index in [1.807, 2.05) is 0 Å². The normalized spacial score (nSPS) is 31.1. The number of hydrogen-bond donors (Lipinski definition) is 4. The van der Waals surface area contributed by atoms with E-state index in [0.29, 0.717) is 19.5 Å². The molecule has 0 radical (unpaired) electrons. The number of hydrogen-bond acceptors (Lipinski definition) is 4. The molecule has 0 aromatic carbocycles. The molecular weight excluding hydrogens is 278 g/mol. The van der Waals surface area contributed by atoms with Crippen molar-refractivity contribution in [3.05, 3.63) is 0 Å². The highest BCUT2D eigenvalue weighted by Gasteiger charge is 2.48. The molecule has 118 valence electrons. The van der Waals surface area contributed by atoms with Crippen LogP contribution in [0.5, 0.6) is 0 Å². The fourth-order valence-electron chi connectivity index (χ4n) is 3.07. The van der Waals surface area contributed by atoms with Gasteiger partial charge in [0.05, 0.1) is 30.0 Å². The Labute approximate surface area is 122 Å². The van der Waals surface area contributed by atoms with Crippen molar-refractivity contribution >= 4 is 17.9 Å². The number of rotatable bonds is 4. The summed E-state index contributed by atoms with van der Waals surface area (Å²) < 4.78 is 0. The average Bonchev–Trinajstić information content (AvgIpc) is 2.80. The van der Waals surface area contributed by atoms with Crippen molar-refractivity contribution in [3.63, 3.8) is 0 Å². The summed E-state index contributed by atoms with van der Waals surface area (Å²) in [5.41, 5.74) is 0. The Kier molecular flexibility index (Phi) is 4.36. The van der Waals surface area contributed by atoms with Crippen LogP contribution in [0.25, 0.3) is 0 Å². The van der Waals surface area contributed by atoms with Crippen LogP contribution in [-0.4, -0.2) is 64.3 Å².